The Morgan fingerprint density at radius 1 is 1.07 bits per heavy atom. The van der Waals surface area contributed by atoms with E-state index in [9.17, 15) is 13.2 Å². The third kappa shape index (κ3) is 5.86. The fourth-order valence-corrected chi connectivity index (χ4v) is 4.83. The standard InChI is InChI=1S/C20H23Cl2N3O4S/c1-24-8-10-25(11-9-24)30(27,28)17-5-2-15(3-6-17)13-23-20(26)14-29-19-7-4-16(21)12-18(19)22/h2-7,12H,8-11,13-14H2,1H3,(H,23,26). The molecular formula is C20H23Cl2N3O4S. The lowest BCUT2D eigenvalue weighted by atomic mass is 10.2. The summed E-state index contributed by atoms with van der Waals surface area (Å²) in [5.74, 6) is 0.0461. The summed E-state index contributed by atoms with van der Waals surface area (Å²) in [6, 6.07) is 11.3. The highest BCUT2D eigenvalue weighted by Crippen LogP contribution is 2.27. The summed E-state index contributed by atoms with van der Waals surface area (Å²) in [5.41, 5.74) is 0.783. The van der Waals surface area contributed by atoms with Gasteiger partial charge in [-0.05, 0) is 42.9 Å². The Morgan fingerprint density at radius 2 is 1.73 bits per heavy atom. The minimum atomic E-state index is -3.50. The van der Waals surface area contributed by atoms with Crippen LogP contribution in [0.3, 0.4) is 0 Å². The molecular weight excluding hydrogens is 449 g/mol. The van der Waals surface area contributed by atoms with Gasteiger partial charge in [0.25, 0.3) is 5.91 Å². The quantitative estimate of drug-likeness (QED) is 0.671. The monoisotopic (exact) mass is 471 g/mol. The highest BCUT2D eigenvalue weighted by atomic mass is 35.5. The van der Waals surface area contributed by atoms with Crippen LogP contribution in [-0.4, -0.2) is 63.4 Å². The fraction of sp³-hybridized carbons (Fsp3) is 0.350. The lowest BCUT2D eigenvalue weighted by Gasteiger charge is -2.31. The van der Waals surface area contributed by atoms with Gasteiger partial charge in [0.15, 0.2) is 6.61 Å². The van der Waals surface area contributed by atoms with Crippen LogP contribution in [0.1, 0.15) is 5.56 Å². The SMILES string of the molecule is CN1CCN(S(=O)(=O)c2ccc(CNC(=O)COc3ccc(Cl)cc3Cl)cc2)CC1. The molecule has 7 nitrogen and oxygen atoms in total. The van der Waals surface area contributed by atoms with Crippen LogP contribution in [0.25, 0.3) is 0 Å². The van der Waals surface area contributed by atoms with E-state index in [0.29, 0.717) is 42.0 Å². The van der Waals surface area contributed by atoms with E-state index < -0.39 is 10.0 Å². The zero-order valence-electron chi connectivity index (χ0n) is 16.5. The Bertz CT molecular complexity index is 992. The Hall–Kier alpha value is -1.84. The van der Waals surface area contributed by atoms with Crippen LogP contribution >= 0.6 is 23.2 Å². The van der Waals surface area contributed by atoms with E-state index in [4.69, 9.17) is 27.9 Å². The number of carbonyl (C=O) groups is 1. The summed E-state index contributed by atoms with van der Waals surface area (Å²) in [6.07, 6.45) is 0. The van der Waals surface area contributed by atoms with Gasteiger partial charge in [-0.25, -0.2) is 8.42 Å². The van der Waals surface area contributed by atoms with Crippen molar-refractivity contribution in [3.05, 3.63) is 58.1 Å². The molecule has 2 aromatic carbocycles. The molecule has 1 heterocycles. The van der Waals surface area contributed by atoms with Gasteiger partial charge < -0.3 is 15.0 Å². The molecule has 0 saturated carbocycles. The predicted octanol–water partition coefficient (Wildman–Crippen LogP) is 2.62. The second-order valence-corrected chi connectivity index (χ2v) is 9.77. The maximum absolute atomic E-state index is 12.7. The first-order valence-corrected chi connectivity index (χ1v) is 11.6. The highest BCUT2D eigenvalue weighted by Gasteiger charge is 2.27. The van der Waals surface area contributed by atoms with Crippen LogP contribution in [0.2, 0.25) is 10.0 Å². The van der Waals surface area contributed by atoms with Gasteiger partial charge in [0.2, 0.25) is 10.0 Å². The van der Waals surface area contributed by atoms with Gasteiger partial charge in [0, 0.05) is 37.7 Å². The molecule has 0 aromatic heterocycles. The third-order valence-electron chi connectivity index (χ3n) is 4.77. The van der Waals surface area contributed by atoms with Crippen molar-refractivity contribution in [1.82, 2.24) is 14.5 Å². The van der Waals surface area contributed by atoms with E-state index in [2.05, 4.69) is 10.2 Å². The number of piperazine rings is 1. The Labute approximate surface area is 186 Å². The molecule has 3 rings (SSSR count). The van der Waals surface area contributed by atoms with Gasteiger partial charge in [-0.2, -0.15) is 4.31 Å². The highest BCUT2D eigenvalue weighted by molar-refractivity contribution is 7.89. The summed E-state index contributed by atoms with van der Waals surface area (Å²) in [6.45, 7) is 2.45. The number of likely N-dealkylation sites (N-methyl/N-ethyl adjacent to an activating group) is 1. The molecule has 162 valence electrons. The largest absolute Gasteiger partial charge is 0.482 e. The number of ether oxygens (including phenoxy) is 1. The lowest BCUT2D eigenvalue weighted by molar-refractivity contribution is -0.123. The molecule has 0 bridgehead atoms. The normalized spacial score (nSPS) is 15.7. The summed E-state index contributed by atoms with van der Waals surface area (Å²) >= 11 is 11.8. The molecule has 1 aliphatic heterocycles. The number of hydrogen-bond acceptors (Lipinski definition) is 5. The first-order chi connectivity index (χ1) is 14.3. The van der Waals surface area contributed by atoms with E-state index in [1.54, 1.807) is 36.4 Å². The number of nitrogens with one attached hydrogen (secondary N) is 1. The molecule has 10 heteroatoms. The van der Waals surface area contributed by atoms with Crippen LogP contribution in [0.4, 0.5) is 0 Å². The summed E-state index contributed by atoms with van der Waals surface area (Å²) in [5, 5.41) is 3.54. The zero-order valence-corrected chi connectivity index (χ0v) is 18.8. The lowest BCUT2D eigenvalue weighted by Crippen LogP contribution is -2.47. The predicted molar refractivity (Wildman–Crippen MR) is 117 cm³/mol. The molecule has 1 N–H and O–H groups in total. The van der Waals surface area contributed by atoms with E-state index in [1.807, 2.05) is 7.05 Å². The van der Waals surface area contributed by atoms with Crippen LogP contribution in [0.5, 0.6) is 5.75 Å². The van der Waals surface area contributed by atoms with Gasteiger partial charge in [-0.3, -0.25) is 4.79 Å². The molecule has 1 fully saturated rings. The number of hydrogen-bond donors (Lipinski definition) is 1. The Morgan fingerprint density at radius 3 is 2.37 bits per heavy atom. The molecule has 0 atom stereocenters. The van der Waals surface area contributed by atoms with Crippen molar-refractivity contribution < 1.29 is 17.9 Å². The van der Waals surface area contributed by atoms with Crippen LogP contribution in [-0.2, 0) is 21.4 Å². The van der Waals surface area contributed by atoms with E-state index in [0.717, 1.165) is 5.56 Å². The second kappa shape index (κ2) is 9.98. The topological polar surface area (TPSA) is 79.0 Å². The molecule has 0 spiro atoms. The van der Waals surface area contributed by atoms with Crippen LogP contribution in [0, 0.1) is 0 Å². The Balaban J connectivity index is 1.51. The first kappa shape index (κ1) is 22.8. The second-order valence-electron chi connectivity index (χ2n) is 6.99. The molecule has 1 amide bonds. The molecule has 0 aliphatic carbocycles. The van der Waals surface area contributed by atoms with Gasteiger partial charge in [-0.1, -0.05) is 35.3 Å². The van der Waals surface area contributed by atoms with Crippen molar-refractivity contribution >= 4 is 39.1 Å². The van der Waals surface area contributed by atoms with Gasteiger partial charge in [0.1, 0.15) is 5.75 Å². The van der Waals surface area contributed by atoms with E-state index >= 15 is 0 Å². The Kier molecular flexibility index (Phi) is 7.60. The van der Waals surface area contributed by atoms with Crippen molar-refractivity contribution in [1.29, 1.82) is 0 Å². The van der Waals surface area contributed by atoms with E-state index in [-0.39, 0.29) is 24.0 Å². The average molecular weight is 472 g/mol. The van der Waals surface area contributed by atoms with E-state index in [1.165, 1.54) is 10.4 Å². The fourth-order valence-electron chi connectivity index (χ4n) is 2.94. The number of carbonyl (C=O) groups excluding carboxylic acids is 1. The molecule has 0 unspecified atom stereocenters. The number of nitrogens with zero attached hydrogens (tertiary/aromatic N) is 2. The van der Waals surface area contributed by atoms with Crippen molar-refractivity contribution in [2.24, 2.45) is 0 Å². The number of benzene rings is 2. The van der Waals surface area contributed by atoms with Crippen molar-refractivity contribution in [2.75, 3.05) is 39.8 Å². The number of rotatable bonds is 7. The zero-order chi connectivity index (χ0) is 21.7. The number of sulfonamides is 1. The summed E-state index contributed by atoms with van der Waals surface area (Å²) < 4.78 is 32.4. The molecule has 2 aromatic rings. The molecule has 30 heavy (non-hydrogen) atoms. The van der Waals surface area contributed by atoms with Crippen LogP contribution in [0.15, 0.2) is 47.4 Å². The summed E-state index contributed by atoms with van der Waals surface area (Å²) in [7, 11) is -1.53. The van der Waals surface area contributed by atoms with Gasteiger partial charge in [-0.15, -0.1) is 0 Å². The molecule has 0 radical (unpaired) electrons. The maximum Gasteiger partial charge on any atom is 0.258 e. The van der Waals surface area contributed by atoms with Gasteiger partial charge in [0.05, 0.1) is 9.92 Å². The number of halogens is 2. The smallest absolute Gasteiger partial charge is 0.258 e. The summed E-state index contributed by atoms with van der Waals surface area (Å²) in [4.78, 5) is 14.4. The van der Waals surface area contributed by atoms with Crippen molar-refractivity contribution in [3.8, 4) is 5.75 Å². The average Bonchev–Trinajstić information content (AvgIpc) is 2.72. The van der Waals surface area contributed by atoms with Gasteiger partial charge >= 0.3 is 0 Å². The maximum atomic E-state index is 12.7. The van der Waals surface area contributed by atoms with Crippen molar-refractivity contribution in [2.45, 2.75) is 11.4 Å². The number of amides is 1. The minimum absolute atomic E-state index is 0.197. The first-order valence-electron chi connectivity index (χ1n) is 9.38. The van der Waals surface area contributed by atoms with Crippen molar-refractivity contribution in [3.63, 3.8) is 0 Å². The molecule has 1 saturated heterocycles. The minimum Gasteiger partial charge on any atom is -0.482 e. The third-order valence-corrected chi connectivity index (χ3v) is 7.21. The molecule has 1 aliphatic rings. The van der Waals surface area contributed by atoms with Crippen LogP contribution < -0.4 is 10.1 Å².